The van der Waals surface area contributed by atoms with Crippen molar-refractivity contribution >= 4 is 11.6 Å². The van der Waals surface area contributed by atoms with Crippen LogP contribution in [0.5, 0.6) is 0 Å². The second-order valence-electron chi connectivity index (χ2n) is 6.84. The fourth-order valence-electron chi connectivity index (χ4n) is 4.74. The lowest BCUT2D eigenvalue weighted by molar-refractivity contribution is 0.109. The molecule has 1 N–H and O–H groups in total. The zero-order valence-corrected chi connectivity index (χ0v) is 14.1. The minimum absolute atomic E-state index is 0.350. The Hall–Kier alpha value is -0.540. The van der Waals surface area contributed by atoms with Gasteiger partial charge in [0.25, 0.3) is 0 Å². The first kappa shape index (κ1) is 15.4. The highest BCUT2D eigenvalue weighted by Crippen LogP contribution is 2.46. The predicted molar refractivity (Wildman–Crippen MR) is 87.5 cm³/mol. The number of hydrogen-bond donors (Lipinski definition) is 1. The zero-order chi connectivity index (χ0) is 14.8. The number of fused-ring (bicyclic) bond motifs is 1. The molecule has 1 aromatic rings. The maximum Gasteiger partial charge on any atom is 0.0834 e. The Labute approximate surface area is 133 Å². The van der Waals surface area contributed by atoms with Crippen LogP contribution in [0.25, 0.3) is 0 Å². The van der Waals surface area contributed by atoms with Crippen molar-refractivity contribution in [1.82, 2.24) is 15.1 Å². The molecule has 2 saturated carbocycles. The summed E-state index contributed by atoms with van der Waals surface area (Å²) in [5.74, 6) is 2.65. The van der Waals surface area contributed by atoms with Gasteiger partial charge in [-0.25, -0.2) is 0 Å². The van der Waals surface area contributed by atoms with E-state index in [1.54, 1.807) is 6.20 Å². The molecule has 3 nitrogen and oxygen atoms in total. The maximum absolute atomic E-state index is 6.43. The fraction of sp³-hybridized carbons (Fsp3) is 0.824. The molecule has 2 fully saturated rings. The van der Waals surface area contributed by atoms with Gasteiger partial charge in [-0.15, -0.1) is 0 Å². The van der Waals surface area contributed by atoms with Gasteiger partial charge in [0.2, 0.25) is 0 Å². The lowest BCUT2D eigenvalue weighted by atomic mass is 9.66. The third-order valence-corrected chi connectivity index (χ3v) is 6.08. The van der Waals surface area contributed by atoms with Crippen LogP contribution in [-0.4, -0.2) is 16.8 Å². The number of nitrogens with one attached hydrogen (secondary N) is 1. The minimum atomic E-state index is 0.350. The van der Waals surface area contributed by atoms with Crippen LogP contribution >= 0.6 is 11.6 Å². The van der Waals surface area contributed by atoms with Crippen LogP contribution in [0, 0.1) is 17.8 Å². The molecule has 3 rings (SSSR count). The highest BCUT2D eigenvalue weighted by Gasteiger charge is 2.37. The van der Waals surface area contributed by atoms with Crippen molar-refractivity contribution in [1.29, 1.82) is 0 Å². The first-order valence-electron chi connectivity index (χ1n) is 8.63. The van der Waals surface area contributed by atoms with E-state index in [2.05, 4.69) is 29.1 Å². The van der Waals surface area contributed by atoms with Gasteiger partial charge in [-0.05, 0) is 51.0 Å². The van der Waals surface area contributed by atoms with Gasteiger partial charge in [0.1, 0.15) is 0 Å². The molecule has 0 amide bonds. The van der Waals surface area contributed by atoms with Crippen molar-refractivity contribution < 1.29 is 0 Å². The van der Waals surface area contributed by atoms with Gasteiger partial charge in [-0.1, -0.05) is 37.3 Å². The minimum Gasteiger partial charge on any atom is -0.311 e. The van der Waals surface area contributed by atoms with Crippen LogP contribution in [-0.2, 0) is 6.54 Å². The van der Waals surface area contributed by atoms with E-state index in [9.17, 15) is 0 Å². The molecule has 0 bridgehead atoms. The molecule has 4 heteroatoms. The van der Waals surface area contributed by atoms with Crippen LogP contribution in [0.3, 0.4) is 0 Å². The molecule has 0 saturated heterocycles. The van der Waals surface area contributed by atoms with Crippen molar-refractivity contribution in [3.8, 4) is 0 Å². The number of nitrogens with zero attached hydrogens (tertiary/aromatic N) is 2. The van der Waals surface area contributed by atoms with Gasteiger partial charge in [0.15, 0.2) is 0 Å². The summed E-state index contributed by atoms with van der Waals surface area (Å²) in [7, 11) is 2.07. The normalized spacial score (nSPS) is 30.9. The average Bonchev–Trinajstić information content (AvgIpc) is 2.89. The molecule has 2 aliphatic carbocycles. The van der Waals surface area contributed by atoms with Crippen molar-refractivity contribution in [2.75, 3.05) is 7.05 Å². The van der Waals surface area contributed by atoms with Crippen LogP contribution < -0.4 is 5.32 Å². The molecule has 2 aliphatic rings. The largest absolute Gasteiger partial charge is 0.311 e. The Morgan fingerprint density at radius 3 is 2.76 bits per heavy atom. The van der Waals surface area contributed by atoms with Crippen molar-refractivity contribution in [3.05, 3.63) is 16.9 Å². The topological polar surface area (TPSA) is 29.9 Å². The van der Waals surface area contributed by atoms with E-state index in [4.69, 9.17) is 11.6 Å². The summed E-state index contributed by atoms with van der Waals surface area (Å²) < 4.78 is 2.07. The summed E-state index contributed by atoms with van der Waals surface area (Å²) in [4.78, 5) is 0. The lowest BCUT2D eigenvalue weighted by Crippen LogP contribution is -2.35. The fourth-order valence-corrected chi connectivity index (χ4v) is 5.00. The molecule has 0 aliphatic heterocycles. The van der Waals surface area contributed by atoms with Gasteiger partial charge in [0, 0.05) is 6.54 Å². The van der Waals surface area contributed by atoms with E-state index in [1.165, 1.54) is 50.6 Å². The summed E-state index contributed by atoms with van der Waals surface area (Å²) in [5.41, 5.74) is 1.20. The Bertz CT molecular complexity index is 471. The van der Waals surface area contributed by atoms with Crippen molar-refractivity contribution in [2.24, 2.45) is 17.8 Å². The standard InChI is InChI=1S/C17H28ClN3/c1-3-21-17(15(18)11-20-21)16(19-2)14-9-8-12-6-4-5-7-13(12)10-14/h11-14,16,19H,3-10H2,1-2H3. The van der Waals surface area contributed by atoms with Gasteiger partial charge in [-0.3, -0.25) is 4.68 Å². The third-order valence-electron chi connectivity index (χ3n) is 5.79. The summed E-state index contributed by atoms with van der Waals surface area (Å²) >= 11 is 6.43. The molecule has 0 aromatic carbocycles. The van der Waals surface area contributed by atoms with E-state index < -0.39 is 0 Å². The van der Waals surface area contributed by atoms with E-state index in [0.717, 1.165) is 23.4 Å². The van der Waals surface area contributed by atoms with E-state index >= 15 is 0 Å². The SMILES string of the molecule is CCn1ncc(Cl)c1C(NC)C1CCC2CCCCC2C1. The second-order valence-corrected chi connectivity index (χ2v) is 7.24. The molecule has 0 radical (unpaired) electrons. The van der Waals surface area contributed by atoms with Crippen LogP contribution in [0.15, 0.2) is 6.20 Å². The number of halogens is 1. The Morgan fingerprint density at radius 2 is 2.05 bits per heavy atom. The first-order chi connectivity index (χ1) is 10.2. The third kappa shape index (κ3) is 3.00. The van der Waals surface area contributed by atoms with Gasteiger partial charge in [0.05, 0.1) is 23.0 Å². The molecular weight excluding hydrogens is 282 g/mol. The molecule has 1 heterocycles. The number of rotatable bonds is 4. The summed E-state index contributed by atoms with van der Waals surface area (Å²) in [6.45, 7) is 3.02. The van der Waals surface area contributed by atoms with Crippen LogP contribution in [0.2, 0.25) is 5.02 Å². The number of hydrogen-bond acceptors (Lipinski definition) is 2. The van der Waals surface area contributed by atoms with Gasteiger partial charge >= 0.3 is 0 Å². The summed E-state index contributed by atoms with van der Waals surface area (Å²) in [6.07, 6.45) is 11.7. The number of aryl methyl sites for hydroxylation is 1. The van der Waals surface area contributed by atoms with Crippen molar-refractivity contribution in [3.63, 3.8) is 0 Å². The Balaban J connectivity index is 1.78. The Morgan fingerprint density at radius 1 is 1.29 bits per heavy atom. The monoisotopic (exact) mass is 309 g/mol. The summed E-state index contributed by atoms with van der Waals surface area (Å²) in [5, 5.41) is 8.79. The summed E-state index contributed by atoms with van der Waals surface area (Å²) in [6, 6.07) is 0.350. The van der Waals surface area contributed by atoms with Crippen molar-refractivity contribution in [2.45, 2.75) is 64.5 Å². The number of aromatic nitrogens is 2. The zero-order valence-electron chi connectivity index (χ0n) is 13.3. The Kier molecular flexibility index (Phi) is 4.90. The predicted octanol–water partition coefficient (Wildman–Crippen LogP) is 4.42. The molecule has 21 heavy (non-hydrogen) atoms. The highest BCUT2D eigenvalue weighted by molar-refractivity contribution is 6.31. The van der Waals surface area contributed by atoms with E-state index in [-0.39, 0.29) is 0 Å². The molecule has 118 valence electrons. The average molecular weight is 310 g/mol. The molecule has 0 spiro atoms. The van der Waals surface area contributed by atoms with E-state index in [1.807, 2.05) is 0 Å². The van der Waals surface area contributed by atoms with E-state index in [0.29, 0.717) is 12.0 Å². The first-order valence-corrected chi connectivity index (χ1v) is 9.00. The van der Waals surface area contributed by atoms with Crippen LogP contribution in [0.1, 0.15) is 63.6 Å². The maximum atomic E-state index is 6.43. The molecular formula is C17H28ClN3. The van der Waals surface area contributed by atoms with Gasteiger partial charge in [-0.2, -0.15) is 5.10 Å². The molecule has 4 atom stereocenters. The lowest BCUT2D eigenvalue weighted by Gasteiger charge is -2.42. The molecule has 4 unspecified atom stereocenters. The van der Waals surface area contributed by atoms with Gasteiger partial charge < -0.3 is 5.32 Å². The smallest absolute Gasteiger partial charge is 0.0834 e. The second kappa shape index (κ2) is 6.70. The van der Waals surface area contributed by atoms with Crippen LogP contribution in [0.4, 0.5) is 0 Å². The quantitative estimate of drug-likeness (QED) is 0.892. The highest BCUT2D eigenvalue weighted by atomic mass is 35.5. The molecule has 1 aromatic heterocycles.